The fourth-order valence-corrected chi connectivity index (χ4v) is 2.30. The minimum Gasteiger partial charge on any atom is -0.468 e. The van der Waals surface area contributed by atoms with Crippen LogP contribution in [0.15, 0.2) is 22.8 Å². The Balaban J connectivity index is 2.55. The van der Waals surface area contributed by atoms with E-state index in [1.807, 2.05) is 0 Å². The molecule has 0 aromatic carbocycles. The molecule has 1 amide bonds. The van der Waals surface area contributed by atoms with E-state index in [-0.39, 0.29) is 19.0 Å². The van der Waals surface area contributed by atoms with E-state index in [9.17, 15) is 13.2 Å². The van der Waals surface area contributed by atoms with Crippen molar-refractivity contribution in [3.05, 3.63) is 24.2 Å². The van der Waals surface area contributed by atoms with Gasteiger partial charge in [-0.3, -0.25) is 4.79 Å². The standard InChI is InChI=1S/C13H22N2O4S/c1-11(2)6-7-14-13(16)10-15(20(3,17)18)9-12-5-4-8-19-12/h4-5,8,11H,6-7,9-10H2,1-3H3,(H,14,16). The van der Waals surface area contributed by atoms with E-state index in [1.54, 1.807) is 12.1 Å². The first-order chi connectivity index (χ1) is 9.29. The molecule has 0 aliphatic carbocycles. The van der Waals surface area contributed by atoms with Gasteiger partial charge < -0.3 is 9.73 Å². The van der Waals surface area contributed by atoms with Crippen molar-refractivity contribution in [3.8, 4) is 0 Å². The molecule has 1 rings (SSSR count). The van der Waals surface area contributed by atoms with Crippen molar-refractivity contribution in [2.24, 2.45) is 5.92 Å². The Labute approximate surface area is 120 Å². The van der Waals surface area contributed by atoms with Crippen LogP contribution in [-0.2, 0) is 21.4 Å². The Morgan fingerprint density at radius 3 is 2.65 bits per heavy atom. The molecule has 0 unspecified atom stereocenters. The maximum absolute atomic E-state index is 11.8. The first kappa shape index (κ1) is 16.7. The van der Waals surface area contributed by atoms with Crippen LogP contribution in [0.25, 0.3) is 0 Å². The molecule has 0 spiro atoms. The average Bonchev–Trinajstić information content (AvgIpc) is 2.79. The normalized spacial score (nSPS) is 12.1. The zero-order valence-electron chi connectivity index (χ0n) is 12.1. The van der Waals surface area contributed by atoms with Gasteiger partial charge in [0.05, 0.1) is 25.6 Å². The van der Waals surface area contributed by atoms with Crippen molar-refractivity contribution in [2.45, 2.75) is 26.8 Å². The average molecular weight is 302 g/mol. The second-order valence-corrected chi connectivity index (χ2v) is 7.13. The maximum atomic E-state index is 11.8. The minimum atomic E-state index is -3.46. The summed E-state index contributed by atoms with van der Waals surface area (Å²) in [6.45, 7) is 4.54. The van der Waals surface area contributed by atoms with Crippen molar-refractivity contribution in [2.75, 3.05) is 19.3 Å². The number of hydrogen-bond acceptors (Lipinski definition) is 4. The van der Waals surface area contributed by atoms with E-state index in [2.05, 4.69) is 19.2 Å². The van der Waals surface area contributed by atoms with E-state index in [1.165, 1.54) is 6.26 Å². The van der Waals surface area contributed by atoms with Gasteiger partial charge in [-0.2, -0.15) is 4.31 Å². The summed E-state index contributed by atoms with van der Waals surface area (Å²) in [5.74, 6) is 0.692. The third kappa shape index (κ3) is 6.21. The minimum absolute atomic E-state index is 0.0590. The van der Waals surface area contributed by atoms with E-state index in [0.29, 0.717) is 18.2 Å². The first-order valence-electron chi connectivity index (χ1n) is 6.53. The number of carbonyl (C=O) groups is 1. The molecule has 0 aliphatic heterocycles. The van der Waals surface area contributed by atoms with Crippen molar-refractivity contribution >= 4 is 15.9 Å². The van der Waals surface area contributed by atoms with Gasteiger partial charge >= 0.3 is 0 Å². The Morgan fingerprint density at radius 1 is 1.45 bits per heavy atom. The molecule has 0 saturated heterocycles. The quantitative estimate of drug-likeness (QED) is 0.782. The second kappa shape index (κ2) is 7.44. The van der Waals surface area contributed by atoms with Gasteiger partial charge in [0.1, 0.15) is 5.76 Å². The van der Waals surface area contributed by atoms with Crippen LogP contribution in [0.4, 0.5) is 0 Å². The number of carbonyl (C=O) groups excluding carboxylic acids is 1. The zero-order valence-corrected chi connectivity index (χ0v) is 12.9. The van der Waals surface area contributed by atoms with Gasteiger partial charge in [0.2, 0.25) is 15.9 Å². The highest BCUT2D eigenvalue weighted by Crippen LogP contribution is 2.08. The van der Waals surface area contributed by atoms with Crippen LogP contribution in [-0.4, -0.2) is 38.0 Å². The predicted molar refractivity (Wildman–Crippen MR) is 76.4 cm³/mol. The van der Waals surface area contributed by atoms with Crippen LogP contribution in [0.5, 0.6) is 0 Å². The lowest BCUT2D eigenvalue weighted by Gasteiger charge is -2.18. The summed E-state index contributed by atoms with van der Waals surface area (Å²) in [6, 6.07) is 3.35. The number of nitrogens with one attached hydrogen (secondary N) is 1. The molecule has 1 aromatic rings. The van der Waals surface area contributed by atoms with Crippen molar-refractivity contribution < 1.29 is 17.6 Å². The van der Waals surface area contributed by atoms with Crippen LogP contribution in [0.1, 0.15) is 26.0 Å². The highest BCUT2D eigenvalue weighted by molar-refractivity contribution is 7.88. The highest BCUT2D eigenvalue weighted by atomic mass is 32.2. The fourth-order valence-electron chi connectivity index (χ4n) is 1.58. The Morgan fingerprint density at radius 2 is 2.15 bits per heavy atom. The number of nitrogens with zero attached hydrogens (tertiary/aromatic N) is 1. The van der Waals surface area contributed by atoms with E-state index in [4.69, 9.17) is 4.42 Å². The van der Waals surface area contributed by atoms with E-state index < -0.39 is 10.0 Å². The molecule has 6 nitrogen and oxygen atoms in total. The molecule has 0 bridgehead atoms. The summed E-state index contributed by atoms with van der Waals surface area (Å²) in [6.07, 6.45) is 3.42. The molecule has 0 radical (unpaired) electrons. The third-order valence-corrected chi connectivity index (χ3v) is 3.94. The largest absolute Gasteiger partial charge is 0.468 e. The van der Waals surface area contributed by atoms with Gasteiger partial charge in [-0.25, -0.2) is 8.42 Å². The number of hydrogen-bond donors (Lipinski definition) is 1. The summed E-state index contributed by atoms with van der Waals surface area (Å²) in [4.78, 5) is 11.8. The summed E-state index contributed by atoms with van der Waals surface area (Å²) in [5, 5.41) is 2.72. The summed E-state index contributed by atoms with van der Waals surface area (Å²) in [5.41, 5.74) is 0. The third-order valence-electron chi connectivity index (χ3n) is 2.75. The van der Waals surface area contributed by atoms with Crippen LogP contribution >= 0.6 is 0 Å². The van der Waals surface area contributed by atoms with E-state index >= 15 is 0 Å². The lowest BCUT2D eigenvalue weighted by Crippen LogP contribution is -2.40. The Bertz CT molecular complexity index is 508. The second-order valence-electron chi connectivity index (χ2n) is 5.14. The van der Waals surface area contributed by atoms with Crippen molar-refractivity contribution in [1.29, 1.82) is 0 Å². The van der Waals surface area contributed by atoms with Gasteiger partial charge in [-0.1, -0.05) is 13.8 Å². The summed E-state index contributed by atoms with van der Waals surface area (Å²) < 4.78 is 29.6. The number of amides is 1. The fraction of sp³-hybridized carbons (Fsp3) is 0.615. The molecule has 20 heavy (non-hydrogen) atoms. The summed E-state index contributed by atoms with van der Waals surface area (Å²) in [7, 11) is -3.46. The van der Waals surface area contributed by atoms with Crippen LogP contribution in [0.2, 0.25) is 0 Å². The van der Waals surface area contributed by atoms with Gasteiger partial charge in [-0.15, -0.1) is 0 Å². The molecule has 1 N–H and O–H groups in total. The van der Waals surface area contributed by atoms with Crippen LogP contribution in [0, 0.1) is 5.92 Å². The maximum Gasteiger partial charge on any atom is 0.235 e. The van der Waals surface area contributed by atoms with Crippen LogP contribution in [0.3, 0.4) is 0 Å². The highest BCUT2D eigenvalue weighted by Gasteiger charge is 2.21. The lowest BCUT2D eigenvalue weighted by atomic mass is 10.1. The first-order valence-corrected chi connectivity index (χ1v) is 8.38. The molecule has 0 saturated carbocycles. The molecule has 1 aromatic heterocycles. The Hall–Kier alpha value is -1.34. The van der Waals surface area contributed by atoms with E-state index in [0.717, 1.165) is 17.0 Å². The molecular formula is C13H22N2O4S. The smallest absolute Gasteiger partial charge is 0.235 e. The van der Waals surface area contributed by atoms with Crippen molar-refractivity contribution in [1.82, 2.24) is 9.62 Å². The Kier molecular flexibility index (Phi) is 6.22. The molecule has 0 aliphatic rings. The molecular weight excluding hydrogens is 280 g/mol. The van der Waals surface area contributed by atoms with Crippen LogP contribution < -0.4 is 5.32 Å². The number of furan rings is 1. The van der Waals surface area contributed by atoms with Gasteiger partial charge in [0.15, 0.2) is 0 Å². The zero-order chi connectivity index (χ0) is 15.2. The van der Waals surface area contributed by atoms with Gasteiger partial charge in [0.25, 0.3) is 0 Å². The molecule has 0 fully saturated rings. The molecule has 7 heteroatoms. The number of rotatable bonds is 8. The van der Waals surface area contributed by atoms with Crippen molar-refractivity contribution in [3.63, 3.8) is 0 Å². The monoisotopic (exact) mass is 302 g/mol. The lowest BCUT2D eigenvalue weighted by molar-refractivity contribution is -0.121. The predicted octanol–water partition coefficient (Wildman–Crippen LogP) is 1.20. The molecule has 1 heterocycles. The molecule has 114 valence electrons. The van der Waals surface area contributed by atoms with Gasteiger partial charge in [0, 0.05) is 6.54 Å². The number of sulfonamides is 1. The van der Waals surface area contributed by atoms with Gasteiger partial charge in [-0.05, 0) is 24.5 Å². The topological polar surface area (TPSA) is 79.6 Å². The summed E-state index contributed by atoms with van der Waals surface area (Å²) >= 11 is 0. The SMILES string of the molecule is CC(C)CCNC(=O)CN(Cc1ccco1)S(C)(=O)=O. The molecule has 0 atom stereocenters.